The Morgan fingerprint density at radius 2 is 1.79 bits per heavy atom. The van der Waals surface area contributed by atoms with Gasteiger partial charge in [0.25, 0.3) is 5.91 Å². The lowest BCUT2D eigenvalue weighted by Crippen LogP contribution is -2.28. The van der Waals surface area contributed by atoms with Crippen LogP contribution in [0.3, 0.4) is 0 Å². The molecule has 3 nitrogen and oxygen atoms in total. The molecule has 0 spiro atoms. The van der Waals surface area contributed by atoms with Crippen LogP contribution in [0.4, 0.5) is 17.6 Å². The monoisotopic (exact) mass is 361 g/mol. The predicted molar refractivity (Wildman–Crippen MR) is 80.7 cm³/mol. The third kappa shape index (κ3) is 4.86. The molecule has 0 heterocycles. The summed E-state index contributed by atoms with van der Waals surface area (Å²) in [7, 11) is 0. The van der Waals surface area contributed by atoms with Gasteiger partial charge in [-0.2, -0.15) is 13.2 Å². The van der Waals surface area contributed by atoms with Crippen LogP contribution in [0.1, 0.15) is 15.9 Å². The highest BCUT2D eigenvalue weighted by molar-refractivity contribution is 6.32. The summed E-state index contributed by atoms with van der Waals surface area (Å²) in [4.78, 5) is 11.8. The maximum absolute atomic E-state index is 12.9. The van der Waals surface area contributed by atoms with Gasteiger partial charge in [0.2, 0.25) is 0 Å². The number of hydrogen-bond donors (Lipinski definition) is 1. The molecule has 0 aliphatic rings. The Hall–Kier alpha value is -2.28. The third-order valence-corrected chi connectivity index (χ3v) is 3.31. The van der Waals surface area contributed by atoms with Crippen LogP contribution in [0, 0.1) is 5.82 Å². The fraction of sp³-hybridized carbons (Fsp3) is 0.188. The quantitative estimate of drug-likeness (QED) is 0.636. The Bertz CT molecular complexity index is 717. The van der Waals surface area contributed by atoms with Crippen molar-refractivity contribution in [3.05, 3.63) is 64.4 Å². The van der Waals surface area contributed by atoms with Crippen molar-refractivity contribution in [3.63, 3.8) is 0 Å². The molecule has 0 atom stereocenters. The molecule has 0 unspecified atom stereocenters. The van der Waals surface area contributed by atoms with Crippen molar-refractivity contribution in [2.45, 2.75) is 6.18 Å². The molecule has 2 aromatic rings. The van der Waals surface area contributed by atoms with E-state index in [0.29, 0.717) is 0 Å². The van der Waals surface area contributed by atoms with Crippen LogP contribution in [0.2, 0.25) is 5.02 Å². The molecule has 2 aromatic carbocycles. The Kier molecular flexibility index (Phi) is 5.66. The molecule has 1 amide bonds. The molecule has 0 saturated carbocycles. The number of ether oxygens (including phenoxy) is 1. The molecule has 0 fully saturated rings. The normalized spacial score (nSPS) is 11.2. The lowest BCUT2D eigenvalue weighted by atomic mass is 10.1. The van der Waals surface area contributed by atoms with Crippen molar-refractivity contribution in [1.82, 2.24) is 5.32 Å². The summed E-state index contributed by atoms with van der Waals surface area (Å²) in [6.07, 6.45) is -4.45. The molecule has 2 rings (SSSR count). The van der Waals surface area contributed by atoms with Crippen LogP contribution in [0.25, 0.3) is 0 Å². The molecule has 0 saturated heterocycles. The second kappa shape index (κ2) is 7.53. The van der Waals surface area contributed by atoms with Crippen LogP contribution >= 0.6 is 11.6 Å². The highest BCUT2D eigenvalue weighted by atomic mass is 35.5. The van der Waals surface area contributed by atoms with Gasteiger partial charge in [0.1, 0.15) is 18.2 Å². The van der Waals surface area contributed by atoms with E-state index in [1.807, 2.05) is 0 Å². The molecular formula is C16H12ClF4NO2. The number of amides is 1. The van der Waals surface area contributed by atoms with Gasteiger partial charge in [0, 0.05) is 5.56 Å². The number of rotatable bonds is 5. The average molecular weight is 362 g/mol. The highest BCUT2D eigenvalue weighted by Gasteiger charge is 2.30. The summed E-state index contributed by atoms with van der Waals surface area (Å²) in [5.41, 5.74) is -0.726. The Labute approximate surface area is 140 Å². The zero-order chi connectivity index (χ0) is 17.7. The van der Waals surface area contributed by atoms with Crippen LogP contribution in [-0.2, 0) is 6.18 Å². The smallest absolute Gasteiger partial charge is 0.416 e. The molecule has 0 radical (unpaired) electrons. The second-order valence-corrected chi connectivity index (χ2v) is 5.16. The van der Waals surface area contributed by atoms with Gasteiger partial charge in [0.15, 0.2) is 0 Å². The van der Waals surface area contributed by atoms with Gasteiger partial charge in [-0.3, -0.25) is 4.79 Å². The van der Waals surface area contributed by atoms with Crippen molar-refractivity contribution < 1.29 is 27.1 Å². The Morgan fingerprint density at radius 3 is 2.38 bits per heavy atom. The number of halogens is 5. The lowest BCUT2D eigenvalue weighted by molar-refractivity contribution is -0.137. The van der Waals surface area contributed by atoms with Crippen molar-refractivity contribution in [1.29, 1.82) is 0 Å². The number of alkyl halides is 3. The number of hydrogen-bond acceptors (Lipinski definition) is 2. The SMILES string of the molecule is O=C(NCCOc1ccc(F)cc1Cl)c1ccc(C(F)(F)F)cc1. The second-order valence-electron chi connectivity index (χ2n) is 4.75. The van der Waals surface area contributed by atoms with E-state index in [0.717, 1.165) is 30.3 Å². The van der Waals surface area contributed by atoms with E-state index < -0.39 is 23.5 Å². The number of nitrogens with one attached hydrogen (secondary N) is 1. The van der Waals surface area contributed by atoms with Gasteiger partial charge in [-0.1, -0.05) is 11.6 Å². The van der Waals surface area contributed by atoms with Gasteiger partial charge in [-0.25, -0.2) is 4.39 Å². The van der Waals surface area contributed by atoms with Crippen LogP contribution < -0.4 is 10.1 Å². The van der Waals surface area contributed by atoms with Crippen molar-refractivity contribution in [2.75, 3.05) is 13.2 Å². The topological polar surface area (TPSA) is 38.3 Å². The van der Waals surface area contributed by atoms with E-state index in [-0.39, 0.29) is 29.5 Å². The molecule has 0 aliphatic heterocycles. The van der Waals surface area contributed by atoms with E-state index in [2.05, 4.69) is 5.32 Å². The zero-order valence-corrected chi connectivity index (χ0v) is 12.9. The highest BCUT2D eigenvalue weighted by Crippen LogP contribution is 2.29. The maximum Gasteiger partial charge on any atom is 0.416 e. The predicted octanol–water partition coefficient (Wildman–Crippen LogP) is 4.31. The number of carbonyl (C=O) groups excluding carboxylic acids is 1. The summed E-state index contributed by atoms with van der Waals surface area (Å²) >= 11 is 5.77. The molecule has 1 N–H and O–H groups in total. The molecule has 0 aliphatic carbocycles. The van der Waals surface area contributed by atoms with Crippen molar-refractivity contribution >= 4 is 17.5 Å². The van der Waals surface area contributed by atoms with Gasteiger partial charge < -0.3 is 10.1 Å². The molecular weight excluding hydrogens is 350 g/mol. The minimum atomic E-state index is -4.45. The summed E-state index contributed by atoms with van der Waals surface area (Å²) in [6.45, 7) is 0.172. The summed E-state index contributed by atoms with van der Waals surface area (Å²) in [6, 6.07) is 7.49. The fourth-order valence-electron chi connectivity index (χ4n) is 1.83. The number of carbonyl (C=O) groups is 1. The minimum Gasteiger partial charge on any atom is -0.490 e. The lowest BCUT2D eigenvalue weighted by Gasteiger charge is -2.10. The first-order chi connectivity index (χ1) is 11.3. The van der Waals surface area contributed by atoms with Crippen molar-refractivity contribution in [3.8, 4) is 5.75 Å². The van der Waals surface area contributed by atoms with Gasteiger partial charge in [-0.15, -0.1) is 0 Å². The first-order valence-electron chi connectivity index (χ1n) is 6.80. The standard InChI is InChI=1S/C16H12ClF4NO2/c17-13-9-12(18)5-6-14(13)24-8-7-22-15(23)10-1-3-11(4-2-10)16(19,20)21/h1-6,9H,7-8H2,(H,22,23). The number of benzene rings is 2. The molecule has 0 bridgehead atoms. The molecule has 0 aromatic heterocycles. The van der Waals surface area contributed by atoms with Gasteiger partial charge in [-0.05, 0) is 42.5 Å². The first kappa shape index (κ1) is 18.1. The zero-order valence-electron chi connectivity index (χ0n) is 12.2. The maximum atomic E-state index is 12.9. The fourth-order valence-corrected chi connectivity index (χ4v) is 2.05. The van der Waals surface area contributed by atoms with Crippen LogP contribution in [0.5, 0.6) is 5.75 Å². The summed E-state index contributed by atoms with van der Waals surface area (Å²) in [5.74, 6) is -0.762. The first-order valence-corrected chi connectivity index (χ1v) is 7.18. The Morgan fingerprint density at radius 1 is 1.12 bits per heavy atom. The summed E-state index contributed by atoms with van der Waals surface area (Å²) < 4.78 is 55.5. The minimum absolute atomic E-state index is 0.0672. The van der Waals surface area contributed by atoms with Crippen LogP contribution in [-0.4, -0.2) is 19.1 Å². The van der Waals surface area contributed by atoms with Gasteiger partial charge >= 0.3 is 6.18 Å². The van der Waals surface area contributed by atoms with E-state index in [1.165, 1.54) is 12.1 Å². The third-order valence-electron chi connectivity index (χ3n) is 3.01. The largest absolute Gasteiger partial charge is 0.490 e. The van der Waals surface area contributed by atoms with Crippen molar-refractivity contribution in [2.24, 2.45) is 0 Å². The van der Waals surface area contributed by atoms with E-state index in [1.54, 1.807) is 0 Å². The Balaban J connectivity index is 1.83. The van der Waals surface area contributed by atoms with Gasteiger partial charge in [0.05, 0.1) is 17.1 Å². The van der Waals surface area contributed by atoms with E-state index in [4.69, 9.17) is 16.3 Å². The molecule has 24 heavy (non-hydrogen) atoms. The van der Waals surface area contributed by atoms with E-state index >= 15 is 0 Å². The summed E-state index contributed by atoms with van der Waals surface area (Å²) in [5, 5.41) is 2.60. The average Bonchev–Trinajstić information content (AvgIpc) is 2.52. The molecule has 8 heteroatoms. The molecule has 128 valence electrons. The van der Waals surface area contributed by atoms with Crippen LogP contribution in [0.15, 0.2) is 42.5 Å². The van der Waals surface area contributed by atoms with E-state index in [9.17, 15) is 22.4 Å².